The van der Waals surface area contributed by atoms with Gasteiger partial charge in [0.1, 0.15) is 6.61 Å². The first-order chi connectivity index (χ1) is 7.32. The SMILES string of the molecule is O=C1OCC2(CCNC2)N1C1CCCC1. The Morgan fingerprint density at radius 1 is 1.40 bits per heavy atom. The number of hydrogen-bond acceptors (Lipinski definition) is 3. The maximum Gasteiger partial charge on any atom is 0.410 e. The Kier molecular flexibility index (Phi) is 2.12. The first-order valence-electron chi connectivity index (χ1n) is 5.99. The van der Waals surface area contributed by atoms with Crippen LogP contribution in [0.4, 0.5) is 4.79 Å². The second-order valence-corrected chi connectivity index (χ2v) is 5.01. The van der Waals surface area contributed by atoms with Crippen molar-refractivity contribution in [3.8, 4) is 0 Å². The third-order valence-corrected chi connectivity index (χ3v) is 4.08. The minimum atomic E-state index is -0.0781. The molecule has 2 aliphatic heterocycles. The molecule has 0 aromatic rings. The molecule has 2 heterocycles. The molecule has 1 atom stereocenters. The number of rotatable bonds is 1. The summed E-state index contributed by atoms with van der Waals surface area (Å²) in [6.07, 6.45) is 5.82. The van der Waals surface area contributed by atoms with E-state index in [0.717, 1.165) is 32.4 Å². The van der Waals surface area contributed by atoms with Crippen molar-refractivity contribution in [3.63, 3.8) is 0 Å². The van der Waals surface area contributed by atoms with E-state index < -0.39 is 0 Å². The van der Waals surface area contributed by atoms with E-state index in [1.807, 2.05) is 0 Å². The number of carbonyl (C=O) groups excluding carboxylic acids is 1. The second-order valence-electron chi connectivity index (χ2n) is 5.01. The van der Waals surface area contributed by atoms with Gasteiger partial charge >= 0.3 is 6.09 Å². The zero-order chi connectivity index (χ0) is 10.3. The molecule has 2 saturated heterocycles. The molecule has 0 bridgehead atoms. The van der Waals surface area contributed by atoms with Crippen molar-refractivity contribution in [2.75, 3.05) is 19.7 Å². The summed E-state index contributed by atoms with van der Waals surface area (Å²) in [6, 6.07) is 0.444. The topological polar surface area (TPSA) is 41.6 Å². The maximum atomic E-state index is 11.8. The van der Waals surface area contributed by atoms with Gasteiger partial charge in [-0.25, -0.2) is 4.79 Å². The number of carbonyl (C=O) groups is 1. The summed E-state index contributed by atoms with van der Waals surface area (Å²) in [5.74, 6) is 0. The molecule has 3 aliphatic rings. The van der Waals surface area contributed by atoms with Crippen LogP contribution >= 0.6 is 0 Å². The Balaban J connectivity index is 1.85. The van der Waals surface area contributed by atoms with E-state index in [4.69, 9.17) is 4.74 Å². The van der Waals surface area contributed by atoms with Gasteiger partial charge in [0.15, 0.2) is 0 Å². The number of cyclic esters (lactones) is 1. The summed E-state index contributed by atoms with van der Waals surface area (Å²) >= 11 is 0. The van der Waals surface area contributed by atoms with Gasteiger partial charge in [0, 0.05) is 12.6 Å². The van der Waals surface area contributed by atoms with Crippen molar-refractivity contribution in [1.82, 2.24) is 10.2 Å². The Morgan fingerprint density at radius 2 is 2.20 bits per heavy atom. The highest BCUT2D eigenvalue weighted by molar-refractivity contribution is 5.72. The Labute approximate surface area is 90.0 Å². The van der Waals surface area contributed by atoms with E-state index in [-0.39, 0.29) is 11.6 Å². The molecule has 84 valence electrons. The summed E-state index contributed by atoms with van der Waals surface area (Å²) in [6.45, 7) is 2.52. The molecule has 1 spiro atoms. The van der Waals surface area contributed by atoms with E-state index in [0.29, 0.717) is 12.6 Å². The van der Waals surface area contributed by atoms with E-state index in [9.17, 15) is 4.79 Å². The van der Waals surface area contributed by atoms with Gasteiger partial charge in [0.25, 0.3) is 0 Å². The van der Waals surface area contributed by atoms with Crippen LogP contribution in [0.5, 0.6) is 0 Å². The van der Waals surface area contributed by atoms with Crippen molar-refractivity contribution in [2.45, 2.75) is 43.7 Å². The molecule has 1 amide bonds. The van der Waals surface area contributed by atoms with Crippen LogP contribution in [-0.2, 0) is 4.74 Å². The molecule has 1 unspecified atom stereocenters. The van der Waals surface area contributed by atoms with Gasteiger partial charge in [-0.2, -0.15) is 0 Å². The zero-order valence-electron chi connectivity index (χ0n) is 9.00. The summed E-state index contributed by atoms with van der Waals surface area (Å²) < 4.78 is 5.26. The fraction of sp³-hybridized carbons (Fsp3) is 0.909. The molecule has 4 nitrogen and oxygen atoms in total. The first kappa shape index (κ1) is 9.46. The molecule has 4 heteroatoms. The summed E-state index contributed by atoms with van der Waals surface area (Å²) in [7, 11) is 0. The highest BCUT2D eigenvalue weighted by Crippen LogP contribution is 2.37. The largest absolute Gasteiger partial charge is 0.447 e. The highest BCUT2D eigenvalue weighted by Gasteiger charge is 2.52. The van der Waals surface area contributed by atoms with Crippen molar-refractivity contribution in [2.24, 2.45) is 0 Å². The summed E-state index contributed by atoms with van der Waals surface area (Å²) in [4.78, 5) is 13.9. The predicted octanol–water partition coefficient (Wildman–Crippen LogP) is 1.11. The number of nitrogens with zero attached hydrogens (tertiary/aromatic N) is 1. The van der Waals surface area contributed by atoms with Crippen LogP contribution in [0.25, 0.3) is 0 Å². The fourth-order valence-electron chi connectivity index (χ4n) is 3.29. The average molecular weight is 210 g/mol. The van der Waals surface area contributed by atoms with E-state index in [1.165, 1.54) is 12.8 Å². The van der Waals surface area contributed by atoms with Gasteiger partial charge in [-0.15, -0.1) is 0 Å². The van der Waals surface area contributed by atoms with Crippen molar-refractivity contribution < 1.29 is 9.53 Å². The molecule has 1 N–H and O–H groups in total. The van der Waals surface area contributed by atoms with Gasteiger partial charge < -0.3 is 10.1 Å². The standard InChI is InChI=1S/C11H18N2O2/c14-10-13(9-3-1-2-4-9)11(8-15-10)5-6-12-7-11/h9,12H,1-8H2. The van der Waals surface area contributed by atoms with Crippen LogP contribution in [0, 0.1) is 0 Å². The van der Waals surface area contributed by atoms with E-state index in [1.54, 1.807) is 0 Å². The molecular weight excluding hydrogens is 192 g/mol. The lowest BCUT2D eigenvalue weighted by atomic mass is 9.96. The summed E-state index contributed by atoms with van der Waals surface area (Å²) in [5.41, 5.74) is -0.00785. The number of nitrogens with one attached hydrogen (secondary N) is 1. The Morgan fingerprint density at radius 3 is 2.87 bits per heavy atom. The number of hydrogen-bond donors (Lipinski definition) is 1. The van der Waals surface area contributed by atoms with Crippen LogP contribution in [0.15, 0.2) is 0 Å². The normalized spacial score (nSPS) is 36.8. The van der Waals surface area contributed by atoms with Crippen molar-refractivity contribution in [3.05, 3.63) is 0 Å². The van der Waals surface area contributed by atoms with E-state index in [2.05, 4.69) is 10.2 Å². The first-order valence-corrected chi connectivity index (χ1v) is 5.99. The molecule has 3 fully saturated rings. The Hall–Kier alpha value is -0.770. The predicted molar refractivity (Wildman–Crippen MR) is 55.7 cm³/mol. The zero-order valence-corrected chi connectivity index (χ0v) is 9.00. The van der Waals surface area contributed by atoms with Gasteiger partial charge in [0.05, 0.1) is 5.54 Å². The van der Waals surface area contributed by atoms with Crippen molar-refractivity contribution in [1.29, 1.82) is 0 Å². The molecular formula is C11H18N2O2. The molecule has 3 rings (SSSR count). The van der Waals surface area contributed by atoms with Crippen LogP contribution in [0.2, 0.25) is 0 Å². The molecule has 0 radical (unpaired) electrons. The maximum absolute atomic E-state index is 11.8. The van der Waals surface area contributed by atoms with Gasteiger partial charge in [0.2, 0.25) is 0 Å². The quantitative estimate of drug-likeness (QED) is 0.705. The lowest BCUT2D eigenvalue weighted by molar-refractivity contribution is 0.125. The van der Waals surface area contributed by atoms with Crippen LogP contribution < -0.4 is 5.32 Å². The molecule has 1 saturated carbocycles. The Bertz CT molecular complexity index is 268. The van der Waals surface area contributed by atoms with Gasteiger partial charge in [-0.1, -0.05) is 12.8 Å². The van der Waals surface area contributed by atoms with Crippen LogP contribution in [0.3, 0.4) is 0 Å². The van der Waals surface area contributed by atoms with Crippen LogP contribution in [0.1, 0.15) is 32.1 Å². The lowest BCUT2D eigenvalue weighted by Gasteiger charge is -2.35. The smallest absolute Gasteiger partial charge is 0.410 e. The van der Waals surface area contributed by atoms with Gasteiger partial charge in [-0.05, 0) is 25.8 Å². The minimum Gasteiger partial charge on any atom is -0.447 e. The molecule has 0 aromatic heterocycles. The molecule has 0 aromatic carbocycles. The third kappa shape index (κ3) is 1.34. The van der Waals surface area contributed by atoms with Gasteiger partial charge in [-0.3, -0.25) is 4.90 Å². The van der Waals surface area contributed by atoms with E-state index >= 15 is 0 Å². The van der Waals surface area contributed by atoms with Crippen LogP contribution in [-0.4, -0.2) is 42.3 Å². The third-order valence-electron chi connectivity index (χ3n) is 4.08. The number of ether oxygens (including phenoxy) is 1. The molecule has 1 aliphatic carbocycles. The fourth-order valence-corrected chi connectivity index (χ4v) is 3.29. The molecule has 15 heavy (non-hydrogen) atoms. The average Bonchev–Trinajstić information content (AvgIpc) is 2.90. The highest BCUT2D eigenvalue weighted by atomic mass is 16.6. The van der Waals surface area contributed by atoms with Crippen molar-refractivity contribution >= 4 is 6.09 Å². The monoisotopic (exact) mass is 210 g/mol. The minimum absolute atomic E-state index is 0.00785. The number of amides is 1. The summed E-state index contributed by atoms with van der Waals surface area (Å²) in [5, 5.41) is 3.36. The lowest BCUT2D eigenvalue weighted by Crippen LogP contribution is -2.52. The second kappa shape index (κ2) is 3.37.